The van der Waals surface area contributed by atoms with Gasteiger partial charge in [-0.15, -0.1) is 0 Å². The third-order valence-corrected chi connectivity index (χ3v) is 23.2. The zero-order chi connectivity index (χ0) is 70.9. The maximum atomic E-state index is 2.71. The van der Waals surface area contributed by atoms with E-state index in [0.29, 0.717) is 0 Å². The fourth-order valence-corrected chi connectivity index (χ4v) is 18.5. The molecule has 2 aromatic heterocycles. The van der Waals surface area contributed by atoms with E-state index >= 15 is 0 Å². The molecule has 504 valence electrons. The van der Waals surface area contributed by atoms with Crippen LogP contribution in [0.3, 0.4) is 0 Å². The third kappa shape index (κ3) is 9.60. The largest absolute Gasteiger partial charge is 0.333 e. The minimum absolute atomic E-state index is 0.00113. The molecule has 0 fully saturated rings. The second-order valence-corrected chi connectivity index (χ2v) is 29.0. The van der Waals surface area contributed by atoms with E-state index < -0.39 is 0 Å². The second-order valence-electron chi connectivity index (χ2n) is 29.0. The molecule has 6 heteroatoms. The van der Waals surface area contributed by atoms with Crippen molar-refractivity contribution in [2.75, 3.05) is 14.7 Å². The third-order valence-electron chi connectivity index (χ3n) is 23.2. The summed E-state index contributed by atoms with van der Waals surface area (Å²) in [5.41, 5.74) is 34.6. The van der Waals surface area contributed by atoms with Crippen LogP contribution in [0.2, 0.25) is 0 Å². The van der Waals surface area contributed by atoms with Gasteiger partial charge in [0.15, 0.2) is 0 Å². The first-order valence-corrected chi connectivity index (χ1v) is 37.6. The Labute approximate surface area is 628 Å². The molecule has 0 spiro atoms. The van der Waals surface area contributed by atoms with E-state index in [-0.39, 0.29) is 18.7 Å². The maximum Gasteiger partial charge on any atom is 0.252 e. The van der Waals surface area contributed by atoms with Crippen LogP contribution in [0.15, 0.2) is 400 Å². The molecular formula is C102H68BN5. The second kappa shape index (κ2) is 24.9. The molecule has 0 saturated heterocycles. The van der Waals surface area contributed by atoms with Gasteiger partial charge in [-0.1, -0.05) is 309 Å². The topological polar surface area (TPSA) is 19.6 Å². The highest BCUT2D eigenvalue weighted by atomic mass is 15.2. The number of hydrogen-bond acceptors (Lipinski definition) is 3. The lowest BCUT2D eigenvalue weighted by Crippen LogP contribution is -2.61. The number of nitrogens with zero attached hydrogens (tertiary/aromatic N) is 5. The van der Waals surface area contributed by atoms with Crippen LogP contribution in [0.25, 0.3) is 122 Å². The van der Waals surface area contributed by atoms with Gasteiger partial charge in [-0.05, 0) is 157 Å². The van der Waals surface area contributed by atoms with Gasteiger partial charge in [-0.2, -0.15) is 0 Å². The van der Waals surface area contributed by atoms with Gasteiger partial charge in [0.05, 0.1) is 39.5 Å². The van der Waals surface area contributed by atoms with E-state index in [9.17, 15) is 0 Å². The van der Waals surface area contributed by atoms with Crippen molar-refractivity contribution in [3.8, 4) is 78.1 Å². The molecule has 0 radical (unpaired) electrons. The highest BCUT2D eigenvalue weighted by Gasteiger charge is 2.47. The summed E-state index contributed by atoms with van der Waals surface area (Å²) in [5.74, 6) is 0.134. The van der Waals surface area contributed by atoms with Gasteiger partial charge < -0.3 is 23.8 Å². The Balaban J connectivity index is 0.877. The number of para-hydroxylation sites is 7. The molecule has 3 aliphatic heterocycles. The molecule has 16 aromatic carbocycles. The molecule has 4 aliphatic rings. The molecule has 108 heavy (non-hydrogen) atoms. The van der Waals surface area contributed by atoms with E-state index in [2.05, 4.69) is 424 Å². The van der Waals surface area contributed by atoms with E-state index in [1.54, 1.807) is 0 Å². The summed E-state index contributed by atoms with van der Waals surface area (Å²) in [6.45, 7) is -0.258. The fourth-order valence-electron chi connectivity index (χ4n) is 18.5. The summed E-state index contributed by atoms with van der Waals surface area (Å²) >= 11 is 0. The molecule has 5 nitrogen and oxygen atoms in total. The van der Waals surface area contributed by atoms with Gasteiger partial charge in [-0.3, -0.25) is 0 Å². The van der Waals surface area contributed by atoms with Gasteiger partial charge in [0.2, 0.25) is 0 Å². The molecule has 0 bridgehead atoms. The number of fused-ring (bicyclic) bond motifs is 13. The van der Waals surface area contributed by atoms with Crippen molar-refractivity contribution in [3.05, 3.63) is 406 Å². The Kier molecular flexibility index (Phi) is 14.2. The Morgan fingerprint density at radius 2 is 0.611 bits per heavy atom. The van der Waals surface area contributed by atoms with Gasteiger partial charge in [-0.25, -0.2) is 0 Å². The predicted octanol–water partition coefficient (Wildman–Crippen LogP) is 24.7. The summed E-state index contributed by atoms with van der Waals surface area (Å²) in [4.78, 5) is 8.07. The summed E-state index contributed by atoms with van der Waals surface area (Å²) < 4.78 is 4.83. The van der Waals surface area contributed by atoms with Crippen LogP contribution >= 0.6 is 0 Å². The van der Waals surface area contributed by atoms with Crippen LogP contribution in [0.1, 0.15) is 11.5 Å². The number of hydrogen-bond donors (Lipinski definition) is 0. The van der Waals surface area contributed by atoms with Gasteiger partial charge in [0.25, 0.3) is 6.71 Å². The van der Waals surface area contributed by atoms with Crippen molar-refractivity contribution in [2.24, 2.45) is 0 Å². The smallest absolute Gasteiger partial charge is 0.252 e. The summed E-state index contributed by atoms with van der Waals surface area (Å²) in [6, 6.07) is 141. The molecule has 0 amide bonds. The minimum atomic E-state index is -0.258. The van der Waals surface area contributed by atoms with Crippen molar-refractivity contribution < 1.29 is 0 Å². The summed E-state index contributed by atoms with van der Waals surface area (Å²) in [5, 5.41) is 4.86. The summed E-state index contributed by atoms with van der Waals surface area (Å²) in [6.07, 6.45) is 9.33. The van der Waals surface area contributed by atoms with Crippen LogP contribution in [0.5, 0.6) is 0 Å². The van der Waals surface area contributed by atoms with Crippen LogP contribution in [0.4, 0.5) is 45.5 Å². The number of rotatable bonds is 11. The van der Waals surface area contributed by atoms with E-state index in [1.807, 2.05) is 0 Å². The SMILES string of the molecule is C1=CC2c3ccccc3N(c3cc4c5c(c3)N(c3c(-c6ccccc6)cccc3-c3ccccc3)c3cc(-c6ccc7c(c6)c6ccccc6n7-c6ccccc6)ccc3B5c3ccc(-c5ccc6c(c5)c5ccccc5n6-c5ccccc5)cc3N4c3c(-c4ccccc4)cccc3-c3ccccc3)C2C=C1. The summed E-state index contributed by atoms with van der Waals surface area (Å²) in [7, 11) is 0. The highest BCUT2D eigenvalue weighted by Crippen LogP contribution is 2.57. The highest BCUT2D eigenvalue weighted by molar-refractivity contribution is 7.00. The zero-order valence-corrected chi connectivity index (χ0v) is 59.1. The maximum absolute atomic E-state index is 2.71. The fraction of sp³-hybridized carbons (Fsp3) is 0.0196. The van der Waals surface area contributed by atoms with Crippen LogP contribution in [-0.4, -0.2) is 21.9 Å². The Bertz CT molecular complexity index is 6220. The zero-order valence-electron chi connectivity index (χ0n) is 59.1. The minimum Gasteiger partial charge on any atom is -0.333 e. The monoisotopic (exact) mass is 1370 g/mol. The number of anilines is 8. The average Bonchev–Trinajstić information content (AvgIpc) is 1.05. The first-order chi connectivity index (χ1) is 53.6. The van der Waals surface area contributed by atoms with Gasteiger partial charge >= 0.3 is 0 Å². The van der Waals surface area contributed by atoms with Crippen molar-refractivity contribution in [3.63, 3.8) is 0 Å². The Morgan fingerprint density at radius 3 is 1.06 bits per heavy atom. The molecular weight excluding hydrogens is 1310 g/mol. The number of allylic oxidation sites excluding steroid dienone is 2. The van der Waals surface area contributed by atoms with Crippen LogP contribution in [-0.2, 0) is 0 Å². The van der Waals surface area contributed by atoms with E-state index in [4.69, 9.17) is 0 Å². The Hall–Kier alpha value is -13.9. The molecule has 0 saturated carbocycles. The quantitative estimate of drug-likeness (QED) is 0.120. The standard InChI is InChI=1S/C102H68BN5/c1-7-29-67(30-8-1)78-45-27-46-79(68-31-9-2-10-32-68)101(78)107-96-63-73(71-55-59-94-86(61-71)84-43-21-25-51-92(84)104(94)75-37-15-5-16-38-75)53-57-88(96)103-89-58-54-74(72-56-60-95-87(62-72)85-44-22-26-52-93(85)105(95)76-39-17-6-18-40-76)64-97(89)108(102-80(69-33-11-3-12-34-69)47-28-48-81(102)70-35-13-4-14-36-70)99-66-77(65-98(107)100(99)103)106-90-49-23-19-41-82(90)83-42-20-24-50-91(83)106/h1-66,82,90H. The molecule has 2 unspecified atom stereocenters. The molecule has 22 rings (SSSR count). The normalized spacial score (nSPS) is 14.5. The average molecular weight is 1370 g/mol. The van der Waals surface area contributed by atoms with Crippen LogP contribution < -0.4 is 31.1 Å². The number of aromatic nitrogens is 2. The van der Waals surface area contributed by atoms with Gasteiger partial charge in [0.1, 0.15) is 0 Å². The predicted molar refractivity (Wildman–Crippen MR) is 455 cm³/mol. The molecule has 2 atom stereocenters. The molecule has 0 N–H and O–H groups in total. The van der Waals surface area contributed by atoms with Crippen molar-refractivity contribution in [1.29, 1.82) is 0 Å². The molecule has 18 aromatic rings. The lowest BCUT2D eigenvalue weighted by molar-refractivity contribution is 0.745. The lowest BCUT2D eigenvalue weighted by Gasteiger charge is -2.46. The molecule has 5 heterocycles. The van der Waals surface area contributed by atoms with Crippen molar-refractivity contribution in [2.45, 2.75) is 12.0 Å². The Morgan fingerprint density at radius 1 is 0.241 bits per heavy atom. The van der Waals surface area contributed by atoms with Crippen molar-refractivity contribution in [1.82, 2.24) is 9.13 Å². The van der Waals surface area contributed by atoms with E-state index in [1.165, 1.54) is 71.3 Å². The van der Waals surface area contributed by atoms with Gasteiger partial charge in [0, 0.05) is 95.2 Å². The number of benzene rings is 16. The lowest BCUT2D eigenvalue weighted by atomic mass is 9.33. The van der Waals surface area contributed by atoms with Crippen LogP contribution in [0, 0.1) is 0 Å². The van der Waals surface area contributed by atoms with Crippen molar-refractivity contribution >= 4 is 112 Å². The first kappa shape index (κ1) is 61.5. The van der Waals surface area contributed by atoms with E-state index in [0.717, 1.165) is 118 Å². The molecule has 1 aliphatic carbocycles. The first-order valence-electron chi connectivity index (χ1n) is 37.6.